The van der Waals surface area contributed by atoms with Crippen LogP contribution in [0.1, 0.15) is 23.2 Å². The van der Waals surface area contributed by atoms with Gasteiger partial charge in [0.05, 0.1) is 24.1 Å². The van der Waals surface area contributed by atoms with Crippen LogP contribution in [-0.2, 0) is 0 Å². The van der Waals surface area contributed by atoms with Gasteiger partial charge in [-0.1, -0.05) is 0 Å². The van der Waals surface area contributed by atoms with Gasteiger partial charge in [-0.2, -0.15) is 10.2 Å². The van der Waals surface area contributed by atoms with E-state index in [1.54, 1.807) is 18.0 Å². The molecule has 5 nitrogen and oxygen atoms in total. The van der Waals surface area contributed by atoms with Crippen molar-refractivity contribution in [2.45, 2.75) is 25.0 Å². The van der Waals surface area contributed by atoms with E-state index >= 15 is 0 Å². The van der Waals surface area contributed by atoms with Crippen molar-refractivity contribution in [1.29, 1.82) is 0 Å². The molecule has 1 amide bonds. The molecule has 0 bridgehead atoms. The Hall–Kier alpha value is -1.49. The normalized spacial score (nSPS) is 24.4. The topological polar surface area (TPSA) is 66.3 Å². The standard InChI is InChI=1S/C10H13N3O2/c1-13(8-4-9(14)5-8)10(15)7-2-3-11-12-6-7/h2-3,6,8-9,14H,4-5H2,1H3. The van der Waals surface area contributed by atoms with Crippen molar-refractivity contribution in [3.05, 3.63) is 24.0 Å². The largest absolute Gasteiger partial charge is 0.393 e. The number of aromatic nitrogens is 2. The Morgan fingerprint density at radius 1 is 1.53 bits per heavy atom. The summed E-state index contributed by atoms with van der Waals surface area (Å²) in [6.07, 6.45) is 4.03. The summed E-state index contributed by atoms with van der Waals surface area (Å²) in [5.74, 6) is -0.0678. The Morgan fingerprint density at radius 3 is 2.80 bits per heavy atom. The molecule has 1 aliphatic carbocycles. The molecule has 1 aliphatic rings. The first kappa shape index (κ1) is 10.0. The van der Waals surface area contributed by atoms with E-state index in [0.717, 1.165) is 0 Å². The Balaban J connectivity index is 2.02. The van der Waals surface area contributed by atoms with Crippen molar-refractivity contribution in [3.63, 3.8) is 0 Å². The molecule has 5 heteroatoms. The highest BCUT2D eigenvalue weighted by Crippen LogP contribution is 2.25. The molecule has 2 rings (SSSR count). The molecule has 1 aromatic rings. The van der Waals surface area contributed by atoms with Crippen LogP contribution < -0.4 is 0 Å². The van der Waals surface area contributed by atoms with Gasteiger partial charge in [-0.25, -0.2) is 0 Å². The van der Waals surface area contributed by atoms with Crippen LogP contribution in [0.4, 0.5) is 0 Å². The van der Waals surface area contributed by atoms with E-state index in [-0.39, 0.29) is 18.1 Å². The summed E-state index contributed by atoms with van der Waals surface area (Å²) in [7, 11) is 1.75. The second-order valence-corrected chi connectivity index (χ2v) is 3.83. The predicted octanol–water partition coefficient (Wildman–Crippen LogP) is 0.0719. The molecular weight excluding hydrogens is 194 g/mol. The number of carbonyl (C=O) groups excluding carboxylic acids is 1. The van der Waals surface area contributed by atoms with E-state index in [0.29, 0.717) is 18.4 Å². The van der Waals surface area contributed by atoms with Crippen molar-refractivity contribution in [1.82, 2.24) is 15.1 Å². The van der Waals surface area contributed by atoms with Gasteiger partial charge in [-0.05, 0) is 18.9 Å². The van der Waals surface area contributed by atoms with Crippen LogP contribution >= 0.6 is 0 Å². The van der Waals surface area contributed by atoms with Gasteiger partial charge in [-0.15, -0.1) is 0 Å². The summed E-state index contributed by atoms with van der Waals surface area (Å²) in [4.78, 5) is 13.5. The monoisotopic (exact) mass is 207 g/mol. The average Bonchev–Trinajstić information content (AvgIpc) is 2.24. The maximum Gasteiger partial charge on any atom is 0.255 e. The van der Waals surface area contributed by atoms with Crippen LogP contribution in [0.5, 0.6) is 0 Å². The molecule has 1 fully saturated rings. The lowest BCUT2D eigenvalue weighted by molar-refractivity contribution is 0.0132. The van der Waals surface area contributed by atoms with Gasteiger partial charge in [0, 0.05) is 13.1 Å². The first-order chi connectivity index (χ1) is 7.18. The highest BCUT2D eigenvalue weighted by molar-refractivity contribution is 5.93. The first-order valence-electron chi connectivity index (χ1n) is 4.90. The summed E-state index contributed by atoms with van der Waals surface area (Å²) < 4.78 is 0. The van der Waals surface area contributed by atoms with E-state index < -0.39 is 0 Å². The number of aliphatic hydroxyl groups is 1. The van der Waals surface area contributed by atoms with Crippen LogP contribution in [0.15, 0.2) is 18.5 Å². The van der Waals surface area contributed by atoms with Crippen LogP contribution in [0, 0.1) is 0 Å². The maximum absolute atomic E-state index is 11.9. The van der Waals surface area contributed by atoms with Gasteiger partial charge in [-0.3, -0.25) is 4.79 Å². The molecule has 15 heavy (non-hydrogen) atoms. The zero-order chi connectivity index (χ0) is 10.8. The summed E-state index contributed by atoms with van der Waals surface area (Å²) >= 11 is 0. The van der Waals surface area contributed by atoms with Crippen LogP contribution in [0.3, 0.4) is 0 Å². The molecule has 1 aromatic heterocycles. The first-order valence-corrected chi connectivity index (χ1v) is 4.90. The number of hydrogen-bond donors (Lipinski definition) is 1. The smallest absolute Gasteiger partial charge is 0.255 e. The zero-order valence-corrected chi connectivity index (χ0v) is 8.50. The number of hydrogen-bond acceptors (Lipinski definition) is 4. The second kappa shape index (κ2) is 3.94. The molecular formula is C10H13N3O2. The van der Waals surface area contributed by atoms with E-state index in [1.165, 1.54) is 12.4 Å². The van der Waals surface area contributed by atoms with Gasteiger partial charge in [0.2, 0.25) is 0 Å². The SMILES string of the molecule is CN(C(=O)c1ccnnc1)C1CC(O)C1. The fourth-order valence-electron chi connectivity index (χ4n) is 1.66. The Morgan fingerprint density at radius 2 is 2.27 bits per heavy atom. The quantitative estimate of drug-likeness (QED) is 0.745. The molecule has 0 unspecified atom stereocenters. The van der Waals surface area contributed by atoms with Gasteiger partial charge in [0.15, 0.2) is 0 Å². The fraction of sp³-hybridized carbons (Fsp3) is 0.500. The predicted molar refractivity (Wildman–Crippen MR) is 53.2 cm³/mol. The summed E-state index contributed by atoms with van der Waals surface area (Å²) in [6, 6.07) is 1.79. The van der Waals surface area contributed by atoms with Crippen molar-refractivity contribution in [2.24, 2.45) is 0 Å². The number of nitrogens with zero attached hydrogens (tertiary/aromatic N) is 3. The Bertz CT molecular complexity index is 349. The molecule has 1 N–H and O–H groups in total. The van der Waals surface area contributed by atoms with Gasteiger partial charge >= 0.3 is 0 Å². The van der Waals surface area contributed by atoms with Crippen LogP contribution in [0.25, 0.3) is 0 Å². The number of amides is 1. The summed E-state index contributed by atoms with van der Waals surface area (Å²) in [6.45, 7) is 0. The molecule has 0 spiro atoms. The van der Waals surface area contributed by atoms with Crippen molar-refractivity contribution < 1.29 is 9.90 Å². The van der Waals surface area contributed by atoms with Crippen molar-refractivity contribution >= 4 is 5.91 Å². The van der Waals surface area contributed by atoms with Gasteiger partial charge < -0.3 is 10.0 Å². The van der Waals surface area contributed by atoms with Gasteiger partial charge in [0.25, 0.3) is 5.91 Å². The lowest BCUT2D eigenvalue weighted by atomic mass is 9.88. The number of aliphatic hydroxyl groups excluding tert-OH is 1. The van der Waals surface area contributed by atoms with Crippen LogP contribution in [-0.4, -0.2) is 45.3 Å². The third-order valence-electron chi connectivity index (χ3n) is 2.79. The molecule has 1 saturated carbocycles. The van der Waals surface area contributed by atoms with E-state index in [1.807, 2.05) is 0 Å². The zero-order valence-electron chi connectivity index (χ0n) is 8.50. The minimum absolute atomic E-state index is 0.0678. The van der Waals surface area contributed by atoms with Crippen LogP contribution in [0.2, 0.25) is 0 Å². The lowest BCUT2D eigenvalue weighted by Crippen LogP contribution is -2.47. The number of rotatable bonds is 2. The Kier molecular flexibility index (Phi) is 2.64. The molecule has 0 saturated heterocycles. The minimum Gasteiger partial charge on any atom is -0.393 e. The highest BCUT2D eigenvalue weighted by Gasteiger charge is 2.33. The van der Waals surface area contributed by atoms with E-state index in [2.05, 4.69) is 10.2 Å². The van der Waals surface area contributed by atoms with E-state index in [9.17, 15) is 4.79 Å². The summed E-state index contributed by atoms with van der Waals surface area (Å²) in [5.41, 5.74) is 0.536. The minimum atomic E-state index is -0.249. The Labute approximate surface area is 87.7 Å². The third kappa shape index (κ3) is 1.97. The van der Waals surface area contributed by atoms with E-state index in [4.69, 9.17) is 5.11 Å². The highest BCUT2D eigenvalue weighted by atomic mass is 16.3. The molecule has 0 aliphatic heterocycles. The van der Waals surface area contributed by atoms with Crippen molar-refractivity contribution in [2.75, 3.05) is 7.05 Å². The van der Waals surface area contributed by atoms with Crippen molar-refractivity contribution in [3.8, 4) is 0 Å². The molecule has 0 radical (unpaired) electrons. The molecule has 1 heterocycles. The number of carbonyl (C=O) groups is 1. The summed E-state index contributed by atoms with van der Waals surface area (Å²) in [5, 5.41) is 16.4. The van der Waals surface area contributed by atoms with Gasteiger partial charge in [0.1, 0.15) is 0 Å². The maximum atomic E-state index is 11.9. The molecule has 80 valence electrons. The lowest BCUT2D eigenvalue weighted by Gasteiger charge is -2.38. The molecule has 0 atom stereocenters. The third-order valence-corrected chi connectivity index (χ3v) is 2.79. The molecule has 0 aromatic carbocycles. The fourth-order valence-corrected chi connectivity index (χ4v) is 1.66. The average molecular weight is 207 g/mol. The second-order valence-electron chi connectivity index (χ2n) is 3.83.